The molecule has 1 rings (SSSR count). The van der Waals surface area contributed by atoms with Gasteiger partial charge in [-0.05, 0) is 0 Å². The van der Waals surface area contributed by atoms with Gasteiger partial charge in [0.1, 0.15) is 6.04 Å². The van der Waals surface area contributed by atoms with Crippen LogP contribution in [-0.4, -0.2) is 29.8 Å². The van der Waals surface area contributed by atoms with E-state index in [1.165, 1.54) is 0 Å². The molecule has 1 aliphatic rings. The van der Waals surface area contributed by atoms with Crippen molar-refractivity contribution in [3.63, 3.8) is 0 Å². The molecule has 0 bridgehead atoms. The maximum atomic E-state index is 12.5. The third-order valence-corrected chi connectivity index (χ3v) is 1.59. The first kappa shape index (κ1) is 7.92. The molecular formula is C6H6F2N2O. The third kappa shape index (κ3) is 1.45. The number of halogens is 2. The van der Waals surface area contributed by atoms with Crippen molar-refractivity contribution in [3.8, 4) is 6.07 Å². The summed E-state index contributed by atoms with van der Waals surface area (Å²) in [6.45, 7) is -0.630. The molecule has 0 spiro atoms. The lowest BCUT2D eigenvalue weighted by Crippen LogP contribution is -2.27. The summed E-state index contributed by atoms with van der Waals surface area (Å²) in [6.07, 6.45) is -0.253. The molecule has 0 aromatic rings. The van der Waals surface area contributed by atoms with Gasteiger partial charge in [-0.3, -0.25) is 4.79 Å². The second kappa shape index (κ2) is 2.46. The molecule has 0 radical (unpaired) electrons. The molecule has 11 heavy (non-hydrogen) atoms. The highest BCUT2D eigenvalue weighted by molar-refractivity contribution is 5.50. The Morgan fingerprint density at radius 1 is 1.73 bits per heavy atom. The fraction of sp³-hybridized carbons (Fsp3) is 0.667. The van der Waals surface area contributed by atoms with E-state index in [1.54, 1.807) is 6.07 Å². The number of nitrogens with zero attached hydrogens (tertiary/aromatic N) is 2. The Hall–Kier alpha value is -1.18. The SMILES string of the molecule is N#C[C@@H]1CC(F)(F)CN1C=O. The molecule has 1 atom stereocenters. The summed E-state index contributed by atoms with van der Waals surface area (Å²) in [4.78, 5) is 10.9. The van der Waals surface area contributed by atoms with E-state index in [2.05, 4.69) is 0 Å². The summed E-state index contributed by atoms with van der Waals surface area (Å²) < 4.78 is 24.9. The van der Waals surface area contributed by atoms with Gasteiger partial charge in [0.2, 0.25) is 6.41 Å². The van der Waals surface area contributed by atoms with Crippen LogP contribution in [0.25, 0.3) is 0 Å². The summed E-state index contributed by atoms with van der Waals surface area (Å²) in [5.41, 5.74) is 0. The monoisotopic (exact) mass is 160 g/mol. The molecule has 1 aliphatic heterocycles. The van der Waals surface area contributed by atoms with Gasteiger partial charge in [0.25, 0.3) is 5.92 Å². The maximum absolute atomic E-state index is 12.5. The first-order valence-corrected chi connectivity index (χ1v) is 3.07. The second-order valence-electron chi connectivity index (χ2n) is 2.48. The third-order valence-electron chi connectivity index (χ3n) is 1.59. The van der Waals surface area contributed by atoms with Crippen LogP contribution in [0.1, 0.15) is 6.42 Å². The molecule has 1 amide bonds. The lowest BCUT2D eigenvalue weighted by atomic mass is 10.2. The molecule has 0 aliphatic carbocycles. The highest BCUT2D eigenvalue weighted by Crippen LogP contribution is 2.30. The quantitative estimate of drug-likeness (QED) is 0.520. The highest BCUT2D eigenvalue weighted by atomic mass is 19.3. The molecule has 5 heteroatoms. The van der Waals surface area contributed by atoms with Crippen molar-refractivity contribution in [1.29, 1.82) is 5.26 Å². The minimum atomic E-state index is -2.89. The Labute approximate surface area is 62.2 Å². The Balaban J connectivity index is 2.71. The predicted molar refractivity (Wildman–Crippen MR) is 31.7 cm³/mol. The largest absolute Gasteiger partial charge is 0.323 e. The van der Waals surface area contributed by atoms with E-state index in [9.17, 15) is 13.6 Å². The van der Waals surface area contributed by atoms with Crippen LogP contribution >= 0.6 is 0 Å². The van der Waals surface area contributed by atoms with Crippen molar-refractivity contribution in [2.75, 3.05) is 6.54 Å². The van der Waals surface area contributed by atoms with Crippen LogP contribution in [0.15, 0.2) is 0 Å². The van der Waals surface area contributed by atoms with Gasteiger partial charge in [-0.1, -0.05) is 0 Å². The van der Waals surface area contributed by atoms with Gasteiger partial charge < -0.3 is 4.90 Å². The summed E-state index contributed by atoms with van der Waals surface area (Å²) in [6, 6.07) is 0.679. The molecule has 0 unspecified atom stereocenters. The van der Waals surface area contributed by atoms with Gasteiger partial charge in [0.05, 0.1) is 12.6 Å². The number of hydrogen-bond acceptors (Lipinski definition) is 2. The van der Waals surface area contributed by atoms with Crippen LogP contribution in [0.2, 0.25) is 0 Å². The van der Waals surface area contributed by atoms with Crippen LogP contribution in [0.5, 0.6) is 0 Å². The van der Waals surface area contributed by atoms with Gasteiger partial charge in [0.15, 0.2) is 0 Å². The van der Waals surface area contributed by atoms with Gasteiger partial charge in [-0.25, -0.2) is 8.78 Å². The van der Waals surface area contributed by atoms with E-state index in [0.717, 1.165) is 4.90 Å². The molecule has 3 nitrogen and oxygen atoms in total. The predicted octanol–water partition coefficient (Wildman–Crippen LogP) is 0.376. The summed E-state index contributed by atoms with van der Waals surface area (Å²) in [5, 5.41) is 8.32. The van der Waals surface area contributed by atoms with E-state index < -0.39 is 24.9 Å². The first-order valence-electron chi connectivity index (χ1n) is 3.07. The van der Waals surface area contributed by atoms with Crippen molar-refractivity contribution in [1.82, 2.24) is 4.90 Å². The lowest BCUT2D eigenvalue weighted by molar-refractivity contribution is -0.119. The van der Waals surface area contributed by atoms with Crippen molar-refractivity contribution in [2.24, 2.45) is 0 Å². The minimum Gasteiger partial charge on any atom is -0.323 e. The van der Waals surface area contributed by atoms with Gasteiger partial charge >= 0.3 is 0 Å². The first-order chi connectivity index (χ1) is 5.09. The molecule has 1 saturated heterocycles. The smallest absolute Gasteiger partial charge is 0.268 e. The number of carbonyl (C=O) groups is 1. The van der Waals surface area contributed by atoms with Gasteiger partial charge in [-0.15, -0.1) is 0 Å². The van der Waals surface area contributed by atoms with Crippen molar-refractivity contribution < 1.29 is 13.6 Å². The summed E-state index contributed by atoms with van der Waals surface area (Å²) in [7, 11) is 0. The van der Waals surface area contributed by atoms with Crippen LogP contribution < -0.4 is 0 Å². The van der Waals surface area contributed by atoms with E-state index in [4.69, 9.17) is 5.26 Å². The summed E-state index contributed by atoms with van der Waals surface area (Å²) in [5.74, 6) is -2.89. The van der Waals surface area contributed by atoms with E-state index >= 15 is 0 Å². The molecule has 0 saturated carbocycles. The molecule has 60 valence electrons. The number of alkyl halides is 2. The zero-order chi connectivity index (χ0) is 8.48. The molecule has 0 aromatic carbocycles. The van der Waals surface area contributed by atoms with Crippen molar-refractivity contribution >= 4 is 6.41 Å². The average Bonchev–Trinajstić information content (AvgIpc) is 2.25. The lowest BCUT2D eigenvalue weighted by Gasteiger charge is -2.10. The maximum Gasteiger partial charge on any atom is 0.268 e. The number of rotatable bonds is 1. The van der Waals surface area contributed by atoms with Crippen LogP contribution in [0, 0.1) is 11.3 Å². The van der Waals surface area contributed by atoms with Gasteiger partial charge in [-0.2, -0.15) is 5.26 Å². The molecule has 1 fully saturated rings. The Morgan fingerprint density at radius 2 is 2.36 bits per heavy atom. The van der Waals surface area contributed by atoms with Crippen molar-refractivity contribution in [3.05, 3.63) is 0 Å². The molecular weight excluding hydrogens is 154 g/mol. The number of nitriles is 1. The zero-order valence-corrected chi connectivity index (χ0v) is 5.63. The van der Waals surface area contributed by atoms with E-state index in [-0.39, 0.29) is 6.41 Å². The highest BCUT2D eigenvalue weighted by Gasteiger charge is 2.44. The number of carbonyl (C=O) groups excluding carboxylic acids is 1. The molecule has 1 heterocycles. The number of hydrogen-bond donors (Lipinski definition) is 0. The van der Waals surface area contributed by atoms with E-state index in [0.29, 0.717) is 0 Å². The Bertz CT molecular complexity index is 211. The Morgan fingerprint density at radius 3 is 2.73 bits per heavy atom. The number of likely N-dealkylation sites (tertiary alicyclic amines) is 1. The second-order valence-corrected chi connectivity index (χ2v) is 2.48. The zero-order valence-electron chi connectivity index (χ0n) is 5.63. The normalized spacial score (nSPS) is 28.1. The van der Waals surface area contributed by atoms with Gasteiger partial charge in [0, 0.05) is 6.42 Å². The fourth-order valence-corrected chi connectivity index (χ4v) is 1.07. The Kier molecular flexibility index (Phi) is 1.77. The minimum absolute atomic E-state index is 0.287. The van der Waals surface area contributed by atoms with Crippen LogP contribution in [0.4, 0.5) is 8.78 Å². The fourth-order valence-electron chi connectivity index (χ4n) is 1.07. The number of amides is 1. The van der Waals surface area contributed by atoms with Crippen LogP contribution in [-0.2, 0) is 4.79 Å². The van der Waals surface area contributed by atoms with E-state index in [1.807, 2.05) is 0 Å². The standard InChI is InChI=1S/C6H6F2N2O/c7-6(8)1-5(2-9)10(3-6)4-11/h4-5H,1,3H2/t5-/m0/s1. The summed E-state index contributed by atoms with van der Waals surface area (Å²) >= 11 is 0. The topological polar surface area (TPSA) is 44.1 Å². The average molecular weight is 160 g/mol. The van der Waals surface area contributed by atoms with Crippen LogP contribution in [0.3, 0.4) is 0 Å². The molecule has 0 aromatic heterocycles. The molecule has 0 N–H and O–H groups in total. The van der Waals surface area contributed by atoms with Crippen molar-refractivity contribution in [2.45, 2.75) is 18.4 Å².